The highest BCUT2D eigenvalue weighted by atomic mass is 16.7. The van der Waals surface area contributed by atoms with Crippen molar-refractivity contribution in [2.45, 2.75) is 69.9 Å². The number of likely N-dealkylation sites (N-methyl/N-ethyl adjacent to an activating group) is 1. The maximum atomic E-state index is 12.2. The lowest BCUT2D eigenvalue weighted by molar-refractivity contribution is -0.286. The van der Waals surface area contributed by atoms with Crippen molar-refractivity contribution < 1.29 is 44.2 Å². The van der Waals surface area contributed by atoms with Crippen LogP contribution in [0.3, 0.4) is 0 Å². The number of carbonyl (C=O) groups is 2. The maximum absolute atomic E-state index is 12.2. The van der Waals surface area contributed by atoms with E-state index in [2.05, 4.69) is 11.8 Å². The molecular formula is C22H33NO9. The topological polar surface area (TPSA) is 146 Å². The number of carbonyl (C=O) groups excluding carboxylic acids is 1. The lowest BCUT2D eigenvalue weighted by Crippen LogP contribution is -2.60. The predicted molar refractivity (Wildman–Crippen MR) is 113 cm³/mol. The van der Waals surface area contributed by atoms with Gasteiger partial charge in [-0.2, -0.15) is 0 Å². The molecule has 0 radical (unpaired) electrons. The number of esters is 1. The maximum Gasteiger partial charge on any atom is 0.335 e. The Morgan fingerprint density at radius 3 is 2.34 bits per heavy atom. The lowest BCUT2D eigenvalue weighted by atomic mass is 9.99. The molecule has 6 atom stereocenters. The van der Waals surface area contributed by atoms with Gasteiger partial charge in [0.05, 0.1) is 7.11 Å². The van der Waals surface area contributed by atoms with Crippen LogP contribution in [0, 0.1) is 0 Å². The van der Waals surface area contributed by atoms with Crippen LogP contribution in [0.4, 0.5) is 0 Å². The SMILES string of the molecule is CCN(CCCC(=O)O[C@@H]1O[C@H](C(=O)O)[C@@H](O)[C@H](O)[C@H]1O)C(C)Cc1ccc(OC)cc1. The molecular weight excluding hydrogens is 422 g/mol. The second-order valence-electron chi connectivity index (χ2n) is 7.86. The van der Waals surface area contributed by atoms with Gasteiger partial charge in [-0.3, -0.25) is 4.79 Å². The standard InChI is InChI=1S/C22H33NO9/c1-4-23(13(2)12-14-7-9-15(30-3)10-8-14)11-5-6-16(24)31-22-19(27)17(25)18(26)20(32-22)21(28)29/h7-10,13,17-20,22,25-27H,4-6,11-12H2,1-3H3,(H,28,29)/t13?,17-,18-,19+,20-,22+/m0/s1. The number of aliphatic carboxylic acids is 1. The molecule has 1 heterocycles. The first-order chi connectivity index (χ1) is 15.2. The summed E-state index contributed by atoms with van der Waals surface area (Å²) in [6.45, 7) is 5.57. The molecule has 1 unspecified atom stereocenters. The Morgan fingerprint density at radius 1 is 1.12 bits per heavy atom. The third-order valence-corrected chi connectivity index (χ3v) is 5.61. The van der Waals surface area contributed by atoms with E-state index in [1.807, 2.05) is 31.2 Å². The highest BCUT2D eigenvalue weighted by molar-refractivity contribution is 5.73. The van der Waals surface area contributed by atoms with Gasteiger partial charge >= 0.3 is 11.9 Å². The zero-order chi connectivity index (χ0) is 23.8. The lowest BCUT2D eigenvalue weighted by Gasteiger charge is -2.38. The van der Waals surface area contributed by atoms with E-state index in [0.717, 1.165) is 18.7 Å². The van der Waals surface area contributed by atoms with Crippen molar-refractivity contribution in [1.82, 2.24) is 4.90 Å². The van der Waals surface area contributed by atoms with E-state index in [9.17, 15) is 24.9 Å². The first kappa shape index (κ1) is 26.0. The van der Waals surface area contributed by atoms with Gasteiger partial charge in [0.2, 0.25) is 6.29 Å². The number of carboxylic acids is 1. The first-order valence-electron chi connectivity index (χ1n) is 10.7. The summed E-state index contributed by atoms with van der Waals surface area (Å²) >= 11 is 0. The Kier molecular flexibility index (Phi) is 9.85. The zero-order valence-corrected chi connectivity index (χ0v) is 18.6. The molecule has 1 saturated heterocycles. The number of aliphatic hydroxyl groups excluding tert-OH is 3. The Morgan fingerprint density at radius 2 is 1.78 bits per heavy atom. The average molecular weight is 456 g/mol. The van der Waals surface area contributed by atoms with Gasteiger partial charge in [-0.25, -0.2) is 4.79 Å². The second-order valence-corrected chi connectivity index (χ2v) is 7.86. The summed E-state index contributed by atoms with van der Waals surface area (Å²) in [6, 6.07) is 8.11. The number of benzene rings is 1. The summed E-state index contributed by atoms with van der Waals surface area (Å²) in [4.78, 5) is 25.5. The van der Waals surface area contributed by atoms with Gasteiger partial charge in [0, 0.05) is 12.5 Å². The number of hydrogen-bond acceptors (Lipinski definition) is 9. The van der Waals surface area contributed by atoms with Gasteiger partial charge in [-0.1, -0.05) is 19.1 Å². The van der Waals surface area contributed by atoms with Crippen LogP contribution in [0.15, 0.2) is 24.3 Å². The highest BCUT2D eigenvalue weighted by Crippen LogP contribution is 2.23. The molecule has 1 aliphatic rings. The normalized spacial score (nSPS) is 26.5. The first-order valence-corrected chi connectivity index (χ1v) is 10.7. The smallest absolute Gasteiger partial charge is 0.335 e. The van der Waals surface area contributed by atoms with Crippen molar-refractivity contribution in [3.63, 3.8) is 0 Å². The van der Waals surface area contributed by atoms with E-state index in [-0.39, 0.29) is 12.5 Å². The quantitative estimate of drug-likeness (QED) is 0.340. The van der Waals surface area contributed by atoms with Crippen molar-refractivity contribution in [3.8, 4) is 5.75 Å². The third-order valence-electron chi connectivity index (χ3n) is 5.61. The van der Waals surface area contributed by atoms with Crippen LogP contribution < -0.4 is 4.74 Å². The van der Waals surface area contributed by atoms with E-state index in [4.69, 9.17) is 19.3 Å². The fourth-order valence-corrected chi connectivity index (χ4v) is 3.69. The van der Waals surface area contributed by atoms with E-state index in [1.165, 1.54) is 5.56 Å². The van der Waals surface area contributed by atoms with Crippen molar-refractivity contribution in [2.75, 3.05) is 20.2 Å². The van der Waals surface area contributed by atoms with E-state index in [1.54, 1.807) is 7.11 Å². The van der Waals surface area contributed by atoms with E-state index >= 15 is 0 Å². The van der Waals surface area contributed by atoms with Gasteiger partial charge in [0.15, 0.2) is 6.10 Å². The number of methoxy groups -OCH3 is 1. The third kappa shape index (κ3) is 6.88. The minimum Gasteiger partial charge on any atom is -0.497 e. The Balaban J connectivity index is 1.81. The number of rotatable bonds is 11. The molecule has 0 amide bonds. The minimum absolute atomic E-state index is 0.0225. The summed E-state index contributed by atoms with van der Waals surface area (Å²) in [5, 5.41) is 38.4. The van der Waals surface area contributed by atoms with Crippen molar-refractivity contribution in [3.05, 3.63) is 29.8 Å². The van der Waals surface area contributed by atoms with Crippen LogP contribution in [0.25, 0.3) is 0 Å². The fourth-order valence-electron chi connectivity index (χ4n) is 3.69. The van der Waals surface area contributed by atoms with Crippen LogP contribution in [0.1, 0.15) is 32.3 Å². The Labute approximate surface area is 187 Å². The minimum atomic E-state index is -1.83. The average Bonchev–Trinajstić information content (AvgIpc) is 2.77. The van der Waals surface area contributed by atoms with Gasteiger partial charge < -0.3 is 39.5 Å². The Hall–Kier alpha value is -2.24. The second kappa shape index (κ2) is 12.1. The number of carboxylic acid groups (broad SMARTS) is 1. The summed E-state index contributed by atoms with van der Waals surface area (Å²) in [7, 11) is 1.62. The van der Waals surface area contributed by atoms with Crippen LogP contribution in [0.5, 0.6) is 5.75 Å². The van der Waals surface area contributed by atoms with Crippen molar-refractivity contribution in [1.29, 1.82) is 0 Å². The van der Waals surface area contributed by atoms with Gasteiger partial charge in [0.1, 0.15) is 24.1 Å². The van der Waals surface area contributed by atoms with Crippen LogP contribution >= 0.6 is 0 Å². The number of hydrogen-bond donors (Lipinski definition) is 4. The molecule has 1 aromatic rings. The van der Waals surface area contributed by atoms with Crippen LogP contribution in [-0.4, -0.2) is 94.2 Å². The molecule has 0 bridgehead atoms. The van der Waals surface area contributed by atoms with Crippen LogP contribution in [-0.2, 0) is 25.5 Å². The molecule has 180 valence electrons. The van der Waals surface area contributed by atoms with Gasteiger partial charge in [0.25, 0.3) is 0 Å². The number of aliphatic hydroxyl groups is 3. The molecule has 0 aromatic heterocycles. The number of ether oxygens (including phenoxy) is 3. The summed E-state index contributed by atoms with van der Waals surface area (Å²) in [5.41, 5.74) is 1.17. The summed E-state index contributed by atoms with van der Waals surface area (Å²) in [6.07, 6.45) is -7.52. The summed E-state index contributed by atoms with van der Waals surface area (Å²) < 4.78 is 15.2. The van der Waals surface area contributed by atoms with E-state index in [0.29, 0.717) is 13.0 Å². The Bertz CT molecular complexity index is 741. The van der Waals surface area contributed by atoms with Crippen molar-refractivity contribution in [2.24, 2.45) is 0 Å². The zero-order valence-electron chi connectivity index (χ0n) is 18.6. The molecule has 0 aliphatic carbocycles. The molecule has 1 aromatic carbocycles. The largest absolute Gasteiger partial charge is 0.497 e. The molecule has 32 heavy (non-hydrogen) atoms. The van der Waals surface area contributed by atoms with E-state index < -0.39 is 42.6 Å². The molecule has 10 heteroatoms. The predicted octanol–water partition coefficient (Wildman–Crippen LogP) is 0.164. The van der Waals surface area contributed by atoms with Gasteiger partial charge in [-0.05, 0) is 50.6 Å². The molecule has 4 N–H and O–H groups in total. The van der Waals surface area contributed by atoms with Gasteiger partial charge in [-0.15, -0.1) is 0 Å². The molecule has 0 saturated carbocycles. The fraction of sp³-hybridized carbons (Fsp3) is 0.636. The molecule has 2 rings (SSSR count). The highest BCUT2D eigenvalue weighted by Gasteiger charge is 2.48. The monoisotopic (exact) mass is 455 g/mol. The molecule has 1 fully saturated rings. The van der Waals surface area contributed by atoms with Crippen LogP contribution in [0.2, 0.25) is 0 Å². The molecule has 10 nitrogen and oxygen atoms in total. The molecule has 0 spiro atoms. The van der Waals surface area contributed by atoms with Crippen molar-refractivity contribution >= 4 is 11.9 Å². The number of nitrogens with zero attached hydrogens (tertiary/aromatic N) is 1. The summed E-state index contributed by atoms with van der Waals surface area (Å²) in [5.74, 6) is -1.43. The molecule has 1 aliphatic heterocycles.